The van der Waals surface area contributed by atoms with Crippen molar-refractivity contribution in [2.45, 2.75) is 18.7 Å². The molecule has 0 unspecified atom stereocenters. The molecule has 1 aliphatic rings. The fraction of sp³-hybridized carbons (Fsp3) is 0.455. The molecule has 8 nitrogen and oxygen atoms in total. The summed E-state index contributed by atoms with van der Waals surface area (Å²) in [5.41, 5.74) is 2.42. The first-order valence-electron chi connectivity index (χ1n) is 10.1. The maximum atomic E-state index is 11.0. The summed E-state index contributed by atoms with van der Waals surface area (Å²) >= 11 is 0. The standard InChI is InChI=1S/C22H28N6O2S/c1-31(2,3)11-10-30-17-27-9-5-20-19(4-8-24-21(20)27)18-12-25-28(13-18)22(6-7-23)14-26(15-22)16-29/h4-5,8-9,12-13,16H,6,10-11,14-15,17H2,1-3H3. The number of nitriles is 1. The lowest BCUT2D eigenvalue weighted by atomic mass is 9.87. The fourth-order valence-electron chi connectivity index (χ4n) is 3.91. The van der Waals surface area contributed by atoms with Gasteiger partial charge in [0.25, 0.3) is 0 Å². The van der Waals surface area contributed by atoms with Crippen molar-refractivity contribution in [2.24, 2.45) is 0 Å². The van der Waals surface area contributed by atoms with Crippen LogP contribution < -0.4 is 0 Å². The van der Waals surface area contributed by atoms with Crippen molar-refractivity contribution in [3.05, 3.63) is 36.9 Å². The van der Waals surface area contributed by atoms with Crippen LogP contribution in [0.4, 0.5) is 0 Å². The van der Waals surface area contributed by atoms with Crippen LogP contribution in [-0.4, -0.2) is 74.9 Å². The number of amides is 1. The first-order valence-corrected chi connectivity index (χ1v) is 13.2. The van der Waals surface area contributed by atoms with Crippen LogP contribution in [0.15, 0.2) is 36.9 Å². The summed E-state index contributed by atoms with van der Waals surface area (Å²) in [5, 5.41) is 14.8. The molecule has 4 rings (SSSR count). The highest BCUT2D eigenvalue weighted by Gasteiger charge is 2.45. The van der Waals surface area contributed by atoms with Crippen LogP contribution in [-0.2, 0) is 21.8 Å². The predicted octanol–water partition coefficient (Wildman–Crippen LogP) is 2.65. The van der Waals surface area contributed by atoms with Crippen LogP contribution in [0.1, 0.15) is 6.42 Å². The number of carbonyl (C=O) groups is 1. The van der Waals surface area contributed by atoms with E-state index >= 15 is 0 Å². The lowest BCUT2D eigenvalue weighted by Crippen LogP contribution is -2.62. The minimum atomic E-state index is -0.569. The lowest BCUT2D eigenvalue weighted by molar-refractivity contribution is -0.128. The number of likely N-dealkylation sites (tertiary alicyclic amines) is 1. The zero-order chi connectivity index (χ0) is 22.1. The number of carbonyl (C=O) groups excluding carboxylic acids is 1. The zero-order valence-corrected chi connectivity index (χ0v) is 19.0. The maximum Gasteiger partial charge on any atom is 0.209 e. The van der Waals surface area contributed by atoms with Gasteiger partial charge < -0.3 is 14.2 Å². The molecule has 0 radical (unpaired) electrons. The number of hydrogen-bond acceptors (Lipinski definition) is 5. The third-order valence-electron chi connectivity index (χ3n) is 5.66. The Hall–Kier alpha value is -2.83. The van der Waals surface area contributed by atoms with Gasteiger partial charge >= 0.3 is 0 Å². The van der Waals surface area contributed by atoms with E-state index in [2.05, 4.69) is 41.0 Å². The topological polar surface area (TPSA) is 89.0 Å². The SMILES string of the molecule is CS(C)(C)CCOCn1ccc2c(-c3cnn(C4(CC#N)CN(C=O)C4)c3)ccnc21. The van der Waals surface area contributed by atoms with Gasteiger partial charge in [-0.05, 0) is 36.5 Å². The van der Waals surface area contributed by atoms with Crippen molar-refractivity contribution in [2.75, 3.05) is 44.2 Å². The second kappa shape index (κ2) is 8.36. The van der Waals surface area contributed by atoms with E-state index in [1.54, 1.807) is 11.1 Å². The Morgan fingerprint density at radius 2 is 2.13 bits per heavy atom. The van der Waals surface area contributed by atoms with E-state index in [-0.39, 0.29) is 0 Å². The highest BCUT2D eigenvalue weighted by Crippen LogP contribution is 2.35. The van der Waals surface area contributed by atoms with Crippen LogP contribution in [0.5, 0.6) is 0 Å². The maximum absolute atomic E-state index is 11.0. The van der Waals surface area contributed by atoms with Crippen LogP contribution in [0.3, 0.4) is 0 Å². The molecular formula is C22H28N6O2S. The van der Waals surface area contributed by atoms with Gasteiger partial charge in [-0.2, -0.15) is 10.4 Å². The van der Waals surface area contributed by atoms with Crippen molar-refractivity contribution < 1.29 is 9.53 Å². The summed E-state index contributed by atoms with van der Waals surface area (Å²) in [6, 6.07) is 6.27. The number of aromatic nitrogens is 4. The van der Waals surface area contributed by atoms with E-state index in [9.17, 15) is 10.1 Å². The van der Waals surface area contributed by atoms with Gasteiger partial charge in [-0.15, -0.1) is 0 Å². The summed E-state index contributed by atoms with van der Waals surface area (Å²) in [7, 11) is -0.569. The third kappa shape index (κ3) is 4.31. The molecule has 164 valence electrons. The quantitative estimate of drug-likeness (QED) is 0.377. The number of hydrogen-bond donors (Lipinski definition) is 0. The molecule has 3 aromatic heterocycles. The summed E-state index contributed by atoms with van der Waals surface area (Å²) in [6.45, 7) is 2.22. The second-order valence-corrected chi connectivity index (χ2v) is 13.5. The molecule has 4 heterocycles. The molecule has 9 heteroatoms. The van der Waals surface area contributed by atoms with Crippen molar-refractivity contribution in [3.63, 3.8) is 0 Å². The number of rotatable bonds is 9. The van der Waals surface area contributed by atoms with E-state index in [1.165, 1.54) is 0 Å². The average molecular weight is 441 g/mol. The van der Waals surface area contributed by atoms with Crippen molar-refractivity contribution in [1.82, 2.24) is 24.2 Å². The van der Waals surface area contributed by atoms with Crippen molar-refractivity contribution in [1.29, 1.82) is 5.26 Å². The van der Waals surface area contributed by atoms with E-state index < -0.39 is 15.6 Å². The summed E-state index contributed by atoms with van der Waals surface area (Å²) in [6.07, 6.45) is 15.6. The highest BCUT2D eigenvalue weighted by atomic mass is 32.3. The number of pyridine rings is 1. The summed E-state index contributed by atoms with van der Waals surface area (Å²) < 4.78 is 9.75. The third-order valence-corrected chi connectivity index (χ3v) is 7.06. The Labute approximate surface area is 183 Å². The first-order chi connectivity index (χ1) is 14.8. The van der Waals surface area contributed by atoms with Gasteiger partial charge in [0.15, 0.2) is 0 Å². The monoisotopic (exact) mass is 440 g/mol. The Morgan fingerprint density at radius 1 is 1.32 bits per heavy atom. The normalized spacial score (nSPS) is 16.1. The Bertz CT molecular complexity index is 1120. The molecule has 0 N–H and O–H groups in total. The largest absolute Gasteiger partial charge is 0.360 e. The van der Waals surface area contributed by atoms with Crippen LogP contribution in [0, 0.1) is 11.3 Å². The lowest BCUT2D eigenvalue weighted by Gasteiger charge is -2.47. The highest BCUT2D eigenvalue weighted by molar-refractivity contribution is 8.32. The average Bonchev–Trinajstić information content (AvgIpc) is 3.34. The summed E-state index contributed by atoms with van der Waals surface area (Å²) in [4.78, 5) is 17.2. The van der Waals surface area contributed by atoms with Gasteiger partial charge in [0.05, 0.1) is 25.3 Å². The van der Waals surface area contributed by atoms with Gasteiger partial charge in [0.1, 0.15) is 17.9 Å². The van der Waals surface area contributed by atoms with Crippen LogP contribution in [0.2, 0.25) is 0 Å². The zero-order valence-electron chi connectivity index (χ0n) is 18.2. The second-order valence-electron chi connectivity index (χ2n) is 8.96. The molecule has 1 fully saturated rings. The Morgan fingerprint density at radius 3 is 2.84 bits per heavy atom. The molecule has 0 spiro atoms. The molecule has 0 atom stereocenters. The molecule has 1 amide bonds. The van der Waals surface area contributed by atoms with Crippen molar-refractivity contribution >= 4 is 27.5 Å². The van der Waals surface area contributed by atoms with Gasteiger partial charge in [0, 0.05) is 48.4 Å². The molecule has 31 heavy (non-hydrogen) atoms. The number of nitrogens with zero attached hydrogens (tertiary/aromatic N) is 6. The van der Waals surface area contributed by atoms with Crippen molar-refractivity contribution in [3.8, 4) is 17.2 Å². The van der Waals surface area contributed by atoms with Gasteiger partial charge in [-0.1, -0.05) is 0 Å². The molecule has 1 aliphatic heterocycles. The summed E-state index contributed by atoms with van der Waals surface area (Å²) in [5.74, 6) is 1.08. The minimum absolute atomic E-state index is 0.314. The van der Waals surface area contributed by atoms with E-state index in [0.717, 1.165) is 40.9 Å². The minimum Gasteiger partial charge on any atom is -0.360 e. The van der Waals surface area contributed by atoms with E-state index in [4.69, 9.17) is 4.74 Å². The molecule has 0 bridgehead atoms. The van der Waals surface area contributed by atoms with Crippen LogP contribution in [0.25, 0.3) is 22.2 Å². The van der Waals surface area contributed by atoms with E-state index in [0.29, 0.717) is 26.2 Å². The van der Waals surface area contributed by atoms with Gasteiger partial charge in [-0.25, -0.2) is 15.0 Å². The number of fused-ring (bicyclic) bond motifs is 1. The van der Waals surface area contributed by atoms with Crippen LogP contribution >= 0.6 is 10.0 Å². The van der Waals surface area contributed by atoms with Gasteiger partial charge in [0.2, 0.25) is 6.41 Å². The van der Waals surface area contributed by atoms with Gasteiger partial charge in [-0.3, -0.25) is 9.48 Å². The smallest absolute Gasteiger partial charge is 0.209 e. The molecule has 0 saturated carbocycles. The number of ether oxygens (including phenoxy) is 1. The fourth-order valence-corrected chi connectivity index (χ4v) is 4.53. The molecule has 0 aromatic carbocycles. The van der Waals surface area contributed by atoms with E-state index in [1.807, 2.05) is 33.9 Å². The Balaban J connectivity index is 1.55. The first kappa shape index (κ1) is 21.4. The predicted molar refractivity (Wildman–Crippen MR) is 123 cm³/mol. The molecule has 0 aliphatic carbocycles. The molecular weight excluding hydrogens is 412 g/mol. The molecule has 3 aromatic rings. The molecule has 1 saturated heterocycles. The Kier molecular flexibility index (Phi) is 5.77.